The van der Waals surface area contributed by atoms with Gasteiger partial charge < -0.3 is 20.5 Å². The van der Waals surface area contributed by atoms with Gasteiger partial charge in [-0.15, -0.1) is 0 Å². The third-order valence-electron chi connectivity index (χ3n) is 3.69. The average Bonchev–Trinajstić information content (AvgIpc) is 2.71. The molecule has 1 aliphatic carbocycles. The maximum absolute atomic E-state index is 12.0. The molecule has 102 valence electrons. The van der Waals surface area contributed by atoms with Crippen molar-refractivity contribution in [2.75, 3.05) is 6.54 Å². The Balaban J connectivity index is 2.00. The highest BCUT2D eigenvalue weighted by atomic mass is 16.6. The molecule has 1 saturated carbocycles. The van der Waals surface area contributed by atoms with Crippen molar-refractivity contribution >= 4 is 12.1 Å². The lowest BCUT2D eigenvalue weighted by Crippen LogP contribution is -2.53. The van der Waals surface area contributed by atoms with Crippen LogP contribution < -0.4 is 5.73 Å². The number of hydrogen-bond acceptors (Lipinski definition) is 4. The molecule has 6 nitrogen and oxygen atoms in total. The highest BCUT2D eigenvalue weighted by Gasteiger charge is 2.57. The summed E-state index contributed by atoms with van der Waals surface area (Å²) >= 11 is 0. The predicted molar refractivity (Wildman–Crippen MR) is 63.9 cm³/mol. The second-order valence-corrected chi connectivity index (χ2v) is 6.14. The fourth-order valence-electron chi connectivity index (χ4n) is 2.89. The van der Waals surface area contributed by atoms with Gasteiger partial charge in [-0.3, -0.25) is 4.79 Å². The van der Waals surface area contributed by atoms with Gasteiger partial charge in [0.15, 0.2) is 0 Å². The van der Waals surface area contributed by atoms with E-state index in [0.717, 1.165) is 6.42 Å². The fraction of sp³-hybridized carbons (Fsp3) is 0.833. The molecule has 6 heteroatoms. The van der Waals surface area contributed by atoms with E-state index in [2.05, 4.69) is 0 Å². The Bertz CT molecular complexity index is 377. The standard InChI is InChI=1S/C12H20N2O4/c1-12(2,3)18-11(17)14-5-6-4-7(14)8(6)9(13)10(15)16/h6-9H,4-5,13H2,1-3H3,(H,15,16)/t6-,7-,8?,9?/m0/s1. The van der Waals surface area contributed by atoms with E-state index in [4.69, 9.17) is 15.6 Å². The van der Waals surface area contributed by atoms with Gasteiger partial charge in [-0.1, -0.05) is 0 Å². The van der Waals surface area contributed by atoms with Crippen LogP contribution in [0.4, 0.5) is 4.79 Å². The number of carbonyl (C=O) groups is 2. The topological polar surface area (TPSA) is 92.9 Å². The molecule has 3 N–H and O–H groups in total. The second kappa shape index (κ2) is 4.12. The fourth-order valence-corrected chi connectivity index (χ4v) is 2.89. The summed E-state index contributed by atoms with van der Waals surface area (Å²) in [5, 5.41) is 8.93. The molecular weight excluding hydrogens is 236 g/mol. The number of carbonyl (C=O) groups excluding carboxylic acids is 1. The van der Waals surface area contributed by atoms with Gasteiger partial charge in [-0.2, -0.15) is 0 Å². The molecule has 2 aliphatic heterocycles. The summed E-state index contributed by atoms with van der Waals surface area (Å²) in [6.45, 7) is 5.99. The van der Waals surface area contributed by atoms with Crippen molar-refractivity contribution in [2.45, 2.75) is 44.9 Å². The molecular formula is C12H20N2O4. The summed E-state index contributed by atoms with van der Waals surface area (Å²) in [5.74, 6) is -0.927. The Morgan fingerprint density at radius 1 is 1.44 bits per heavy atom. The summed E-state index contributed by atoms with van der Waals surface area (Å²) in [6.07, 6.45) is 0.473. The van der Waals surface area contributed by atoms with Gasteiger partial charge in [-0.25, -0.2) is 4.79 Å². The first kappa shape index (κ1) is 13.1. The number of nitrogens with two attached hydrogens (primary N) is 1. The number of amides is 1. The lowest BCUT2D eigenvalue weighted by Gasteiger charge is -2.38. The molecule has 3 rings (SSSR count). The van der Waals surface area contributed by atoms with Crippen molar-refractivity contribution in [3.63, 3.8) is 0 Å². The first-order chi connectivity index (χ1) is 8.20. The van der Waals surface area contributed by atoms with E-state index < -0.39 is 17.6 Å². The largest absolute Gasteiger partial charge is 0.480 e. The van der Waals surface area contributed by atoms with Crippen LogP contribution in [0.15, 0.2) is 0 Å². The van der Waals surface area contributed by atoms with Crippen LogP contribution in [-0.4, -0.2) is 46.3 Å². The van der Waals surface area contributed by atoms with E-state index in [1.165, 1.54) is 0 Å². The number of carboxylic acid groups (broad SMARTS) is 1. The zero-order valence-electron chi connectivity index (χ0n) is 10.9. The molecule has 0 aromatic carbocycles. The highest BCUT2D eigenvalue weighted by Crippen LogP contribution is 2.48. The van der Waals surface area contributed by atoms with Crippen LogP contribution in [0.25, 0.3) is 0 Å². The first-order valence-corrected chi connectivity index (χ1v) is 6.18. The minimum absolute atomic E-state index is 0.0732. The normalized spacial score (nSPS) is 31.8. The van der Waals surface area contributed by atoms with E-state index in [9.17, 15) is 9.59 Å². The third-order valence-corrected chi connectivity index (χ3v) is 3.69. The minimum atomic E-state index is -0.999. The monoisotopic (exact) mass is 256 g/mol. The van der Waals surface area contributed by atoms with Gasteiger partial charge in [0.1, 0.15) is 11.6 Å². The lowest BCUT2D eigenvalue weighted by molar-refractivity contribution is -0.141. The molecule has 3 aliphatic rings. The van der Waals surface area contributed by atoms with Crippen molar-refractivity contribution in [2.24, 2.45) is 17.6 Å². The Labute approximate surface area is 106 Å². The molecule has 0 radical (unpaired) electrons. The predicted octanol–water partition coefficient (Wildman–Crippen LogP) is 0.654. The molecule has 1 amide bonds. The average molecular weight is 256 g/mol. The summed E-state index contributed by atoms with van der Waals surface area (Å²) in [6, 6.07) is -0.961. The molecule has 18 heavy (non-hydrogen) atoms. The molecule has 2 heterocycles. The van der Waals surface area contributed by atoms with Gasteiger partial charge in [0.2, 0.25) is 0 Å². The van der Waals surface area contributed by atoms with Crippen LogP contribution in [-0.2, 0) is 9.53 Å². The van der Waals surface area contributed by atoms with Crippen LogP contribution in [0, 0.1) is 11.8 Å². The van der Waals surface area contributed by atoms with Crippen molar-refractivity contribution in [1.82, 2.24) is 4.90 Å². The van der Waals surface area contributed by atoms with Crippen LogP contribution >= 0.6 is 0 Å². The van der Waals surface area contributed by atoms with Crippen molar-refractivity contribution < 1.29 is 19.4 Å². The Hall–Kier alpha value is -1.30. The smallest absolute Gasteiger partial charge is 0.410 e. The summed E-state index contributed by atoms with van der Waals surface area (Å²) in [5.41, 5.74) is 5.12. The van der Waals surface area contributed by atoms with Crippen molar-refractivity contribution in [1.29, 1.82) is 0 Å². The SMILES string of the molecule is CC(C)(C)OC(=O)N1C[C@@H]2C[C@H]1C2C(N)C(=O)O. The zero-order valence-corrected chi connectivity index (χ0v) is 10.9. The summed E-state index contributed by atoms with van der Waals surface area (Å²) < 4.78 is 5.31. The third kappa shape index (κ3) is 2.16. The highest BCUT2D eigenvalue weighted by molar-refractivity contribution is 5.75. The maximum atomic E-state index is 12.0. The molecule has 4 atom stereocenters. The molecule has 3 fully saturated rings. The summed E-state index contributed by atoms with van der Waals surface area (Å²) in [4.78, 5) is 24.5. The number of carboxylic acids is 1. The van der Waals surface area contributed by atoms with Gasteiger partial charge >= 0.3 is 12.1 Å². The van der Waals surface area contributed by atoms with E-state index in [1.807, 2.05) is 20.8 Å². The number of nitrogens with zero attached hydrogens (tertiary/aromatic N) is 1. The second-order valence-electron chi connectivity index (χ2n) is 6.14. The number of fused-ring (bicyclic) bond motifs is 1. The van der Waals surface area contributed by atoms with Crippen LogP contribution in [0.3, 0.4) is 0 Å². The van der Waals surface area contributed by atoms with Crippen LogP contribution in [0.2, 0.25) is 0 Å². The van der Waals surface area contributed by atoms with Gasteiger partial charge in [0.05, 0.1) is 0 Å². The van der Waals surface area contributed by atoms with E-state index in [0.29, 0.717) is 6.54 Å². The van der Waals surface area contributed by atoms with Crippen molar-refractivity contribution in [3.8, 4) is 0 Å². The van der Waals surface area contributed by atoms with E-state index >= 15 is 0 Å². The quantitative estimate of drug-likeness (QED) is 0.756. The minimum Gasteiger partial charge on any atom is -0.480 e. The zero-order chi connectivity index (χ0) is 13.7. The van der Waals surface area contributed by atoms with Crippen LogP contribution in [0.1, 0.15) is 27.2 Å². The lowest BCUT2D eigenvalue weighted by atomic mass is 9.70. The maximum Gasteiger partial charge on any atom is 0.410 e. The van der Waals surface area contributed by atoms with E-state index in [-0.39, 0.29) is 24.0 Å². The molecule has 0 aromatic heterocycles. The van der Waals surface area contributed by atoms with Crippen molar-refractivity contribution in [3.05, 3.63) is 0 Å². The number of aliphatic carboxylic acids is 1. The van der Waals surface area contributed by atoms with Gasteiger partial charge in [-0.05, 0) is 33.1 Å². The Morgan fingerprint density at radius 2 is 2.06 bits per heavy atom. The first-order valence-electron chi connectivity index (χ1n) is 6.18. The Kier molecular flexibility index (Phi) is 3.01. The molecule has 2 unspecified atom stereocenters. The van der Waals surface area contributed by atoms with Gasteiger partial charge in [0.25, 0.3) is 0 Å². The summed E-state index contributed by atoms with van der Waals surface area (Å²) in [7, 11) is 0. The number of hydrogen-bond donors (Lipinski definition) is 2. The van der Waals surface area contributed by atoms with Gasteiger partial charge in [0, 0.05) is 18.5 Å². The molecule has 0 spiro atoms. The number of rotatable bonds is 2. The van der Waals surface area contributed by atoms with E-state index in [1.54, 1.807) is 4.90 Å². The molecule has 2 saturated heterocycles. The molecule has 2 bridgehead atoms. The Morgan fingerprint density at radius 3 is 2.56 bits per heavy atom. The van der Waals surface area contributed by atoms with Crippen LogP contribution in [0.5, 0.6) is 0 Å². The molecule has 0 aromatic rings. The number of ether oxygens (including phenoxy) is 1.